The molecule has 0 bridgehead atoms. The zero-order chi connectivity index (χ0) is 12.1. The van der Waals surface area contributed by atoms with E-state index in [2.05, 4.69) is 40.9 Å². The van der Waals surface area contributed by atoms with Gasteiger partial charge in [-0.15, -0.1) is 11.8 Å². The van der Waals surface area contributed by atoms with E-state index in [1.165, 1.54) is 16.0 Å². The number of thioether (sulfide) groups is 1. The van der Waals surface area contributed by atoms with Crippen LogP contribution >= 0.6 is 11.8 Å². The van der Waals surface area contributed by atoms with E-state index in [0.717, 1.165) is 12.3 Å². The van der Waals surface area contributed by atoms with Crippen LogP contribution in [0.1, 0.15) is 11.1 Å². The summed E-state index contributed by atoms with van der Waals surface area (Å²) in [6.45, 7) is 0.924. The lowest BCUT2D eigenvalue weighted by molar-refractivity contribution is 0.767. The van der Waals surface area contributed by atoms with E-state index in [1.54, 1.807) is 0 Å². The van der Waals surface area contributed by atoms with Crippen molar-refractivity contribution in [1.29, 1.82) is 0 Å². The molecule has 0 radical (unpaired) electrons. The molecule has 2 aromatic rings. The lowest BCUT2D eigenvalue weighted by Crippen LogP contribution is -2.04. The Bertz CT molecular complexity index is 462. The first-order chi connectivity index (χ1) is 8.28. The molecular weight excluding hydrogens is 230 g/mol. The van der Waals surface area contributed by atoms with E-state index in [9.17, 15) is 0 Å². The molecule has 1 aromatic carbocycles. The molecule has 0 aliphatic heterocycles. The molecule has 1 heterocycles. The third-order valence-corrected chi connectivity index (χ3v) is 3.55. The highest BCUT2D eigenvalue weighted by Gasteiger charge is 1.99. The van der Waals surface area contributed by atoms with Crippen LogP contribution in [0.15, 0.2) is 41.6 Å². The minimum Gasteiger partial charge on any atom is -0.316 e. The highest BCUT2D eigenvalue weighted by atomic mass is 32.2. The summed E-state index contributed by atoms with van der Waals surface area (Å²) < 4.78 is 1.84. The van der Waals surface area contributed by atoms with Crippen molar-refractivity contribution >= 4 is 11.8 Å². The zero-order valence-corrected chi connectivity index (χ0v) is 11.0. The molecule has 0 spiro atoms. The van der Waals surface area contributed by atoms with Crippen LogP contribution in [0.25, 0.3) is 0 Å². The van der Waals surface area contributed by atoms with Gasteiger partial charge in [0.1, 0.15) is 0 Å². The van der Waals surface area contributed by atoms with Crippen molar-refractivity contribution in [3.05, 3.63) is 47.8 Å². The summed E-state index contributed by atoms with van der Waals surface area (Å²) in [6.07, 6.45) is 3.98. The Balaban J connectivity index is 1.90. The Hall–Kier alpha value is -1.26. The standard InChI is InChI=1S/C13H17N3S/c1-14-7-11-3-5-13(6-4-11)17-10-12-8-15-16(2)9-12/h3-6,8-9,14H,7,10H2,1-2H3. The number of hydrogen-bond donors (Lipinski definition) is 1. The molecule has 17 heavy (non-hydrogen) atoms. The van der Waals surface area contributed by atoms with Crippen molar-refractivity contribution in [2.45, 2.75) is 17.2 Å². The van der Waals surface area contributed by atoms with Crippen LogP contribution in [0.5, 0.6) is 0 Å². The monoisotopic (exact) mass is 247 g/mol. The Morgan fingerprint density at radius 2 is 2.00 bits per heavy atom. The van der Waals surface area contributed by atoms with Gasteiger partial charge in [0.25, 0.3) is 0 Å². The lowest BCUT2D eigenvalue weighted by Gasteiger charge is -2.02. The fourth-order valence-corrected chi connectivity index (χ4v) is 2.43. The second-order valence-electron chi connectivity index (χ2n) is 3.99. The Labute approximate surface area is 106 Å². The van der Waals surface area contributed by atoms with Gasteiger partial charge in [-0.1, -0.05) is 12.1 Å². The summed E-state index contributed by atoms with van der Waals surface area (Å²) >= 11 is 1.84. The van der Waals surface area contributed by atoms with Gasteiger partial charge in [0.2, 0.25) is 0 Å². The van der Waals surface area contributed by atoms with Crippen LogP contribution in [0, 0.1) is 0 Å². The number of nitrogens with zero attached hydrogens (tertiary/aromatic N) is 2. The van der Waals surface area contributed by atoms with Crippen LogP contribution < -0.4 is 5.32 Å². The molecule has 0 aliphatic rings. The maximum atomic E-state index is 4.16. The molecule has 3 nitrogen and oxygen atoms in total. The zero-order valence-electron chi connectivity index (χ0n) is 10.2. The second kappa shape index (κ2) is 5.89. The summed E-state index contributed by atoms with van der Waals surface area (Å²) in [4.78, 5) is 1.30. The van der Waals surface area contributed by atoms with Crippen molar-refractivity contribution in [2.75, 3.05) is 7.05 Å². The summed E-state index contributed by atoms with van der Waals surface area (Å²) in [5.74, 6) is 0.971. The molecule has 0 unspecified atom stereocenters. The van der Waals surface area contributed by atoms with Gasteiger partial charge < -0.3 is 5.32 Å². The van der Waals surface area contributed by atoms with Gasteiger partial charge in [-0.2, -0.15) is 5.10 Å². The van der Waals surface area contributed by atoms with E-state index < -0.39 is 0 Å². The van der Waals surface area contributed by atoms with E-state index >= 15 is 0 Å². The first-order valence-corrected chi connectivity index (χ1v) is 6.60. The minimum atomic E-state index is 0.924. The molecule has 0 saturated heterocycles. The van der Waals surface area contributed by atoms with Crippen LogP contribution in [0.2, 0.25) is 0 Å². The Kier molecular flexibility index (Phi) is 4.23. The first-order valence-electron chi connectivity index (χ1n) is 5.62. The predicted octanol–water partition coefficient (Wildman–Crippen LogP) is 2.43. The minimum absolute atomic E-state index is 0.924. The van der Waals surface area contributed by atoms with Crippen LogP contribution in [0.3, 0.4) is 0 Å². The number of benzene rings is 1. The van der Waals surface area contributed by atoms with Crippen LogP contribution in [-0.2, 0) is 19.3 Å². The molecule has 4 heteroatoms. The average Bonchev–Trinajstić information content (AvgIpc) is 2.75. The highest BCUT2D eigenvalue weighted by molar-refractivity contribution is 7.98. The molecule has 1 aromatic heterocycles. The Morgan fingerprint density at radius 3 is 2.59 bits per heavy atom. The van der Waals surface area contributed by atoms with Crippen molar-refractivity contribution in [3.8, 4) is 0 Å². The number of aryl methyl sites for hydroxylation is 1. The molecule has 0 aliphatic carbocycles. The number of nitrogens with one attached hydrogen (secondary N) is 1. The van der Waals surface area contributed by atoms with Gasteiger partial charge in [-0.25, -0.2) is 0 Å². The van der Waals surface area contributed by atoms with Crippen molar-refractivity contribution in [3.63, 3.8) is 0 Å². The summed E-state index contributed by atoms with van der Waals surface area (Å²) in [5.41, 5.74) is 2.58. The molecule has 0 amide bonds. The fraction of sp³-hybridized carbons (Fsp3) is 0.308. The molecule has 90 valence electrons. The van der Waals surface area contributed by atoms with E-state index in [1.807, 2.05) is 36.7 Å². The summed E-state index contributed by atoms with van der Waals surface area (Å²) in [5, 5.41) is 7.31. The van der Waals surface area contributed by atoms with Crippen molar-refractivity contribution in [2.24, 2.45) is 7.05 Å². The van der Waals surface area contributed by atoms with Gasteiger partial charge in [0, 0.05) is 36.0 Å². The van der Waals surface area contributed by atoms with Crippen molar-refractivity contribution in [1.82, 2.24) is 15.1 Å². The Morgan fingerprint density at radius 1 is 1.24 bits per heavy atom. The van der Waals surface area contributed by atoms with Crippen LogP contribution in [-0.4, -0.2) is 16.8 Å². The third-order valence-electron chi connectivity index (χ3n) is 2.47. The van der Waals surface area contributed by atoms with Gasteiger partial charge in [-0.05, 0) is 24.7 Å². The summed E-state index contributed by atoms with van der Waals surface area (Å²) in [6, 6.07) is 8.69. The molecule has 0 atom stereocenters. The van der Waals surface area contributed by atoms with Gasteiger partial charge in [0.15, 0.2) is 0 Å². The SMILES string of the molecule is CNCc1ccc(SCc2cnn(C)c2)cc1. The topological polar surface area (TPSA) is 29.9 Å². The fourth-order valence-electron chi connectivity index (χ4n) is 1.62. The molecule has 0 saturated carbocycles. The highest BCUT2D eigenvalue weighted by Crippen LogP contribution is 2.22. The summed E-state index contributed by atoms with van der Waals surface area (Å²) in [7, 11) is 3.91. The molecular formula is C13H17N3S. The van der Waals surface area contributed by atoms with E-state index in [-0.39, 0.29) is 0 Å². The first kappa shape index (κ1) is 12.2. The average molecular weight is 247 g/mol. The second-order valence-corrected chi connectivity index (χ2v) is 5.03. The number of rotatable bonds is 5. The van der Waals surface area contributed by atoms with E-state index in [4.69, 9.17) is 0 Å². The smallest absolute Gasteiger partial charge is 0.0530 e. The van der Waals surface area contributed by atoms with Crippen LogP contribution in [0.4, 0.5) is 0 Å². The maximum absolute atomic E-state index is 4.16. The lowest BCUT2D eigenvalue weighted by atomic mass is 10.2. The molecule has 1 N–H and O–H groups in total. The van der Waals surface area contributed by atoms with Crippen molar-refractivity contribution < 1.29 is 0 Å². The largest absolute Gasteiger partial charge is 0.316 e. The van der Waals surface area contributed by atoms with E-state index in [0.29, 0.717) is 0 Å². The maximum Gasteiger partial charge on any atom is 0.0530 e. The van der Waals surface area contributed by atoms with Gasteiger partial charge >= 0.3 is 0 Å². The molecule has 2 rings (SSSR count). The molecule has 0 fully saturated rings. The predicted molar refractivity (Wildman–Crippen MR) is 72.0 cm³/mol. The normalized spacial score (nSPS) is 10.7. The quantitative estimate of drug-likeness (QED) is 0.823. The number of aromatic nitrogens is 2. The van der Waals surface area contributed by atoms with Gasteiger partial charge in [-0.3, -0.25) is 4.68 Å². The van der Waals surface area contributed by atoms with Gasteiger partial charge in [0.05, 0.1) is 6.20 Å². The third kappa shape index (κ3) is 3.61. The number of hydrogen-bond acceptors (Lipinski definition) is 3.